The lowest BCUT2D eigenvalue weighted by atomic mass is 9.78. The highest BCUT2D eigenvalue weighted by Gasteiger charge is 2.39. The van der Waals surface area contributed by atoms with Crippen LogP contribution in [0.3, 0.4) is 0 Å². The predicted molar refractivity (Wildman–Crippen MR) is 51.8 cm³/mol. The minimum absolute atomic E-state index is 0.202. The fraction of sp³-hybridized carbons (Fsp3) is 0.900. The Morgan fingerprint density at radius 1 is 1.31 bits per heavy atom. The maximum atomic E-state index is 10.6. The van der Waals surface area contributed by atoms with E-state index in [1.807, 2.05) is 34.6 Å². The number of carbonyl (C=O) groups is 1. The molecule has 0 heterocycles. The Morgan fingerprint density at radius 2 is 1.69 bits per heavy atom. The van der Waals surface area contributed by atoms with E-state index >= 15 is 0 Å². The third-order valence-corrected chi connectivity index (χ3v) is 2.78. The molecule has 0 aliphatic heterocycles. The van der Waals surface area contributed by atoms with Gasteiger partial charge in [0.2, 0.25) is 0 Å². The van der Waals surface area contributed by atoms with Crippen LogP contribution in [0.15, 0.2) is 0 Å². The summed E-state index contributed by atoms with van der Waals surface area (Å²) in [6, 6.07) is 0. The smallest absolute Gasteiger partial charge is 0.450 e. The van der Waals surface area contributed by atoms with Gasteiger partial charge in [-0.2, -0.15) is 0 Å². The van der Waals surface area contributed by atoms with Gasteiger partial charge in [0.05, 0.1) is 0 Å². The highest BCUT2D eigenvalue weighted by Crippen LogP contribution is 2.33. The van der Waals surface area contributed by atoms with E-state index in [0.29, 0.717) is 6.42 Å². The van der Waals surface area contributed by atoms with Crippen LogP contribution >= 0.6 is 0 Å². The van der Waals surface area contributed by atoms with Crippen LogP contribution in [0.2, 0.25) is 0 Å². The lowest BCUT2D eigenvalue weighted by molar-refractivity contribution is -0.0812. The molecule has 0 amide bonds. The molecule has 0 unspecified atom stereocenters. The summed E-state index contributed by atoms with van der Waals surface area (Å²) in [5.41, 5.74) is -0.536. The van der Waals surface area contributed by atoms with Gasteiger partial charge in [-0.15, -0.1) is 0 Å². The zero-order valence-electron chi connectivity index (χ0n) is 9.13. The topological polar surface area (TPSA) is 46.5 Å². The van der Waals surface area contributed by atoms with Crippen molar-refractivity contribution in [3.8, 4) is 0 Å². The Morgan fingerprint density at radius 3 is 1.77 bits per heavy atom. The molecular weight excluding hydrogens is 168 g/mol. The molecule has 0 radical (unpaired) electrons. The molecule has 0 saturated heterocycles. The van der Waals surface area contributed by atoms with Crippen LogP contribution in [-0.4, -0.2) is 16.9 Å². The summed E-state index contributed by atoms with van der Waals surface area (Å²) in [6.07, 6.45) is -0.460. The van der Waals surface area contributed by atoms with Crippen LogP contribution in [0, 0.1) is 11.8 Å². The highest BCUT2D eigenvalue weighted by molar-refractivity contribution is 5.57. The fourth-order valence-electron chi connectivity index (χ4n) is 1.95. The summed E-state index contributed by atoms with van der Waals surface area (Å²) in [7, 11) is 0. The molecule has 0 bridgehead atoms. The lowest BCUT2D eigenvalue weighted by Crippen LogP contribution is -2.44. The van der Waals surface area contributed by atoms with Gasteiger partial charge in [-0.25, -0.2) is 4.79 Å². The second kappa shape index (κ2) is 4.49. The maximum absolute atomic E-state index is 10.6. The molecule has 0 fully saturated rings. The van der Waals surface area contributed by atoms with E-state index in [2.05, 4.69) is 0 Å². The average Bonchev–Trinajstić information content (AvgIpc) is 1.98. The number of hydrogen-bond donors (Lipinski definition) is 1. The maximum Gasteiger partial charge on any atom is 0.506 e. The van der Waals surface area contributed by atoms with Crippen LogP contribution in [0.1, 0.15) is 41.0 Å². The molecule has 0 rings (SSSR count). The summed E-state index contributed by atoms with van der Waals surface area (Å²) in [5.74, 6) is 0.405. The normalized spacial score (nSPS) is 12.2. The minimum atomic E-state index is -1.18. The molecule has 3 heteroatoms. The van der Waals surface area contributed by atoms with Crippen molar-refractivity contribution in [2.45, 2.75) is 46.6 Å². The third kappa shape index (κ3) is 2.61. The first kappa shape index (κ1) is 12.3. The number of ether oxygens (including phenoxy) is 1. The SMILES string of the molecule is CCC(OC(=O)O)(C(C)C)C(C)C. The first-order valence-corrected chi connectivity index (χ1v) is 4.78. The van der Waals surface area contributed by atoms with Crippen molar-refractivity contribution in [2.24, 2.45) is 11.8 Å². The van der Waals surface area contributed by atoms with Crippen molar-refractivity contribution in [3.63, 3.8) is 0 Å². The van der Waals surface area contributed by atoms with Gasteiger partial charge < -0.3 is 9.84 Å². The summed E-state index contributed by atoms with van der Waals surface area (Å²) >= 11 is 0. The van der Waals surface area contributed by atoms with E-state index in [1.54, 1.807) is 0 Å². The molecule has 0 aromatic carbocycles. The molecule has 0 aromatic heterocycles. The second-order valence-corrected chi connectivity index (χ2v) is 3.99. The van der Waals surface area contributed by atoms with Gasteiger partial charge in [-0.3, -0.25) is 0 Å². The first-order chi connectivity index (χ1) is 5.86. The molecule has 3 nitrogen and oxygen atoms in total. The zero-order chi connectivity index (χ0) is 10.6. The Bertz CT molecular complexity index is 165. The van der Waals surface area contributed by atoms with E-state index < -0.39 is 11.8 Å². The summed E-state index contributed by atoms with van der Waals surface area (Å²) in [4.78, 5) is 10.6. The Kier molecular flexibility index (Phi) is 4.24. The van der Waals surface area contributed by atoms with E-state index in [-0.39, 0.29) is 11.8 Å². The van der Waals surface area contributed by atoms with Gasteiger partial charge in [0, 0.05) is 0 Å². The largest absolute Gasteiger partial charge is 0.506 e. The van der Waals surface area contributed by atoms with Crippen LogP contribution in [0.5, 0.6) is 0 Å². The van der Waals surface area contributed by atoms with Crippen molar-refractivity contribution >= 4 is 6.16 Å². The Balaban J connectivity index is 4.75. The quantitative estimate of drug-likeness (QED) is 0.689. The molecule has 0 aliphatic rings. The van der Waals surface area contributed by atoms with Gasteiger partial charge in [0.1, 0.15) is 5.60 Å². The van der Waals surface area contributed by atoms with Crippen LogP contribution in [-0.2, 0) is 4.74 Å². The van der Waals surface area contributed by atoms with E-state index in [9.17, 15) is 4.79 Å². The molecule has 0 aromatic rings. The van der Waals surface area contributed by atoms with Crippen LogP contribution < -0.4 is 0 Å². The minimum Gasteiger partial charge on any atom is -0.450 e. The van der Waals surface area contributed by atoms with Gasteiger partial charge in [0.15, 0.2) is 0 Å². The second-order valence-electron chi connectivity index (χ2n) is 3.99. The van der Waals surface area contributed by atoms with Crippen LogP contribution in [0.25, 0.3) is 0 Å². The van der Waals surface area contributed by atoms with Gasteiger partial charge >= 0.3 is 6.16 Å². The summed E-state index contributed by atoms with van der Waals surface area (Å²) < 4.78 is 5.03. The van der Waals surface area contributed by atoms with E-state index in [0.717, 1.165) is 0 Å². The van der Waals surface area contributed by atoms with Gasteiger partial charge in [-0.05, 0) is 18.3 Å². The molecule has 0 saturated carbocycles. The van der Waals surface area contributed by atoms with Gasteiger partial charge in [0.25, 0.3) is 0 Å². The highest BCUT2D eigenvalue weighted by atomic mass is 16.7. The lowest BCUT2D eigenvalue weighted by Gasteiger charge is -2.38. The Hall–Kier alpha value is -0.730. The standard InChI is InChI=1S/C10H20O3/c1-6-10(7(2)3,8(4)5)13-9(11)12/h7-8H,6H2,1-5H3,(H,11,12). The Labute approximate surface area is 80.1 Å². The van der Waals surface area contributed by atoms with E-state index in [4.69, 9.17) is 9.84 Å². The number of hydrogen-bond acceptors (Lipinski definition) is 2. The number of carboxylic acid groups (broad SMARTS) is 1. The molecule has 0 aliphatic carbocycles. The van der Waals surface area contributed by atoms with E-state index in [1.165, 1.54) is 0 Å². The summed E-state index contributed by atoms with van der Waals surface area (Å²) in [5, 5.41) is 8.66. The first-order valence-electron chi connectivity index (χ1n) is 4.78. The fourth-order valence-corrected chi connectivity index (χ4v) is 1.95. The molecule has 0 spiro atoms. The molecule has 78 valence electrons. The third-order valence-electron chi connectivity index (χ3n) is 2.78. The molecule has 0 atom stereocenters. The zero-order valence-corrected chi connectivity index (χ0v) is 9.13. The molecule has 13 heavy (non-hydrogen) atoms. The predicted octanol–water partition coefficient (Wildman–Crippen LogP) is 3.14. The summed E-state index contributed by atoms with van der Waals surface area (Å²) in [6.45, 7) is 9.93. The number of rotatable bonds is 4. The van der Waals surface area contributed by atoms with Gasteiger partial charge in [-0.1, -0.05) is 34.6 Å². The van der Waals surface area contributed by atoms with Crippen molar-refractivity contribution in [2.75, 3.05) is 0 Å². The van der Waals surface area contributed by atoms with Crippen LogP contribution in [0.4, 0.5) is 4.79 Å². The molecular formula is C10H20O3. The average molecular weight is 188 g/mol. The van der Waals surface area contributed by atoms with Crippen molar-refractivity contribution in [1.82, 2.24) is 0 Å². The van der Waals surface area contributed by atoms with Crippen molar-refractivity contribution in [1.29, 1.82) is 0 Å². The molecule has 1 N–H and O–H groups in total. The van der Waals surface area contributed by atoms with Crippen molar-refractivity contribution < 1.29 is 14.6 Å². The van der Waals surface area contributed by atoms with Crippen molar-refractivity contribution in [3.05, 3.63) is 0 Å². The monoisotopic (exact) mass is 188 g/mol.